The van der Waals surface area contributed by atoms with E-state index in [2.05, 4.69) is 25.7 Å². The number of hydrogen-bond donors (Lipinski definition) is 1. The summed E-state index contributed by atoms with van der Waals surface area (Å²) in [5, 5.41) is 13.4. The molecule has 86 valence electrons. The third-order valence-electron chi connectivity index (χ3n) is 1.85. The van der Waals surface area contributed by atoms with E-state index < -0.39 is 0 Å². The lowest BCUT2D eigenvalue weighted by Gasteiger charge is -2.03. The Morgan fingerprint density at radius 3 is 3.12 bits per heavy atom. The van der Waals surface area contributed by atoms with Gasteiger partial charge in [-0.15, -0.1) is 5.10 Å². The van der Waals surface area contributed by atoms with Crippen LogP contribution in [0.2, 0.25) is 0 Å². The maximum Gasteiger partial charge on any atom is 0.241 e. The molecule has 1 aromatic rings. The van der Waals surface area contributed by atoms with Crippen LogP contribution in [0.5, 0.6) is 0 Å². The van der Waals surface area contributed by atoms with Gasteiger partial charge < -0.3 is 5.32 Å². The molecule has 8 heteroatoms. The van der Waals surface area contributed by atoms with Gasteiger partial charge in [0.05, 0.1) is 6.20 Å². The van der Waals surface area contributed by atoms with Crippen LogP contribution < -0.4 is 5.32 Å². The summed E-state index contributed by atoms with van der Waals surface area (Å²) in [7, 11) is 0. The molecule has 1 aromatic heterocycles. The molecule has 1 amide bonds. The van der Waals surface area contributed by atoms with E-state index in [1.54, 1.807) is 6.20 Å². The van der Waals surface area contributed by atoms with E-state index in [0.29, 0.717) is 13.1 Å². The highest BCUT2D eigenvalue weighted by molar-refractivity contribution is 5.75. The van der Waals surface area contributed by atoms with Crippen LogP contribution in [-0.4, -0.2) is 34.0 Å². The van der Waals surface area contributed by atoms with Crippen molar-refractivity contribution in [3.05, 3.63) is 22.8 Å². The predicted molar refractivity (Wildman–Crippen MR) is 56.3 cm³/mol. The lowest BCUT2D eigenvalue weighted by molar-refractivity contribution is -0.121. The molecule has 8 nitrogen and oxygen atoms in total. The van der Waals surface area contributed by atoms with Gasteiger partial charge in [-0.1, -0.05) is 10.3 Å². The molecule has 0 radical (unpaired) electrons. The molecular weight excluding hydrogens is 210 g/mol. The number of amides is 1. The van der Waals surface area contributed by atoms with Crippen LogP contribution in [0.1, 0.15) is 12.8 Å². The Labute approximate surface area is 92.3 Å². The maximum absolute atomic E-state index is 11.3. The number of hydrogen-bond acceptors (Lipinski definition) is 4. The molecule has 1 heterocycles. The van der Waals surface area contributed by atoms with Crippen LogP contribution in [0.15, 0.2) is 17.5 Å². The second-order valence-corrected chi connectivity index (χ2v) is 3.11. The van der Waals surface area contributed by atoms with Gasteiger partial charge in [0.2, 0.25) is 5.91 Å². The molecule has 1 N–H and O–H groups in total. The third-order valence-corrected chi connectivity index (χ3v) is 1.85. The lowest BCUT2D eigenvalue weighted by Crippen LogP contribution is -2.28. The van der Waals surface area contributed by atoms with Gasteiger partial charge >= 0.3 is 0 Å². The Hall–Kier alpha value is -2.08. The van der Waals surface area contributed by atoms with Gasteiger partial charge in [-0.3, -0.25) is 4.79 Å². The molecule has 0 unspecified atom stereocenters. The molecular formula is C8H13N7O. The van der Waals surface area contributed by atoms with E-state index in [0.717, 1.165) is 12.8 Å². The van der Waals surface area contributed by atoms with Crippen molar-refractivity contribution in [1.82, 2.24) is 20.3 Å². The van der Waals surface area contributed by atoms with Crippen LogP contribution >= 0.6 is 0 Å². The Morgan fingerprint density at radius 1 is 1.56 bits per heavy atom. The van der Waals surface area contributed by atoms with Crippen LogP contribution in [0.3, 0.4) is 0 Å². The Balaban J connectivity index is 2.04. The van der Waals surface area contributed by atoms with Crippen LogP contribution in [0.25, 0.3) is 10.4 Å². The van der Waals surface area contributed by atoms with Crippen molar-refractivity contribution in [1.29, 1.82) is 0 Å². The number of rotatable bonds is 7. The van der Waals surface area contributed by atoms with Crippen molar-refractivity contribution in [2.75, 3.05) is 13.1 Å². The van der Waals surface area contributed by atoms with E-state index in [1.807, 2.05) is 0 Å². The first kappa shape index (κ1) is 12.0. The summed E-state index contributed by atoms with van der Waals surface area (Å²) in [4.78, 5) is 14.0. The summed E-state index contributed by atoms with van der Waals surface area (Å²) in [5.74, 6) is -0.103. The topological polar surface area (TPSA) is 109 Å². The van der Waals surface area contributed by atoms with Gasteiger partial charge in [0.1, 0.15) is 6.54 Å². The van der Waals surface area contributed by atoms with E-state index in [9.17, 15) is 4.79 Å². The summed E-state index contributed by atoms with van der Waals surface area (Å²) in [6, 6.07) is 0. The van der Waals surface area contributed by atoms with Crippen LogP contribution in [0, 0.1) is 0 Å². The monoisotopic (exact) mass is 223 g/mol. The molecule has 0 spiro atoms. The number of carbonyl (C=O) groups excluding carboxylic acids is 1. The SMILES string of the molecule is [N-]=[N+]=NCCCCNC(=O)Cn1ccnn1. The highest BCUT2D eigenvalue weighted by Gasteiger charge is 2.01. The van der Waals surface area contributed by atoms with Crippen molar-refractivity contribution in [2.45, 2.75) is 19.4 Å². The summed E-state index contributed by atoms with van der Waals surface area (Å²) in [6.07, 6.45) is 4.71. The first-order chi connectivity index (χ1) is 7.83. The Kier molecular flexibility index (Phi) is 5.43. The molecule has 0 saturated heterocycles. The van der Waals surface area contributed by atoms with E-state index >= 15 is 0 Å². The zero-order chi connectivity index (χ0) is 11.6. The van der Waals surface area contributed by atoms with Crippen molar-refractivity contribution in [3.8, 4) is 0 Å². The number of aromatic nitrogens is 3. The normalized spacial score (nSPS) is 9.50. The Morgan fingerprint density at radius 2 is 2.44 bits per heavy atom. The molecule has 1 rings (SSSR count). The highest BCUT2D eigenvalue weighted by Crippen LogP contribution is 1.88. The largest absolute Gasteiger partial charge is 0.354 e. The van der Waals surface area contributed by atoms with E-state index in [1.165, 1.54) is 10.9 Å². The fraction of sp³-hybridized carbons (Fsp3) is 0.625. The number of nitrogens with zero attached hydrogens (tertiary/aromatic N) is 6. The van der Waals surface area contributed by atoms with Gasteiger partial charge in [0.25, 0.3) is 0 Å². The van der Waals surface area contributed by atoms with Gasteiger partial charge in [0.15, 0.2) is 0 Å². The van der Waals surface area contributed by atoms with Gasteiger partial charge in [0, 0.05) is 24.2 Å². The van der Waals surface area contributed by atoms with E-state index in [4.69, 9.17) is 5.53 Å². The number of nitrogens with one attached hydrogen (secondary N) is 1. The minimum Gasteiger partial charge on any atom is -0.354 e. The smallest absolute Gasteiger partial charge is 0.241 e. The quantitative estimate of drug-likeness (QED) is 0.314. The fourth-order valence-corrected chi connectivity index (χ4v) is 1.10. The zero-order valence-electron chi connectivity index (χ0n) is 8.78. The first-order valence-electron chi connectivity index (χ1n) is 4.94. The second kappa shape index (κ2) is 7.24. The summed E-state index contributed by atoms with van der Waals surface area (Å²) in [5.41, 5.74) is 8.03. The second-order valence-electron chi connectivity index (χ2n) is 3.11. The minimum atomic E-state index is -0.103. The summed E-state index contributed by atoms with van der Waals surface area (Å²) < 4.78 is 1.45. The molecule has 0 aliphatic rings. The average molecular weight is 223 g/mol. The molecule has 0 fully saturated rings. The van der Waals surface area contributed by atoms with Crippen LogP contribution in [0.4, 0.5) is 0 Å². The minimum absolute atomic E-state index is 0.103. The third kappa shape index (κ3) is 4.97. The molecule has 0 atom stereocenters. The molecule has 0 aliphatic heterocycles. The molecule has 16 heavy (non-hydrogen) atoms. The summed E-state index contributed by atoms with van der Waals surface area (Å²) >= 11 is 0. The van der Waals surface area contributed by atoms with Crippen molar-refractivity contribution in [2.24, 2.45) is 5.11 Å². The fourth-order valence-electron chi connectivity index (χ4n) is 1.10. The molecule has 0 aromatic carbocycles. The highest BCUT2D eigenvalue weighted by atomic mass is 16.2. The van der Waals surface area contributed by atoms with E-state index in [-0.39, 0.29) is 12.5 Å². The van der Waals surface area contributed by atoms with Gasteiger partial charge in [-0.05, 0) is 18.4 Å². The van der Waals surface area contributed by atoms with Crippen LogP contribution in [-0.2, 0) is 11.3 Å². The standard InChI is InChI=1S/C8H13N7O/c9-13-11-4-2-1-3-10-8(16)7-15-6-5-12-14-15/h5-6H,1-4,7H2,(H,10,16). The number of azide groups is 1. The van der Waals surface area contributed by atoms with Gasteiger partial charge in [-0.2, -0.15) is 0 Å². The van der Waals surface area contributed by atoms with Gasteiger partial charge in [-0.25, -0.2) is 4.68 Å². The first-order valence-corrected chi connectivity index (χ1v) is 4.94. The zero-order valence-corrected chi connectivity index (χ0v) is 8.78. The summed E-state index contributed by atoms with van der Waals surface area (Å²) in [6.45, 7) is 1.22. The average Bonchev–Trinajstić information content (AvgIpc) is 2.76. The number of unbranched alkanes of at least 4 members (excludes halogenated alkanes) is 1. The molecule has 0 saturated carbocycles. The number of carbonyl (C=O) groups is 1. The predicted octanol–water partition coefficient (Wildman–Crippen LogP) is 0.485. The molecule has 0 bridgehead atoms. The lowest BCUT2D eigenvalue weighted by atomic mass is 10.3. The van der Waals surface area contributed by atoms with Crippen molar-refractivity contribution < 1.29 is 4.79 Å². The maximum atomic E-state index is 11.3. The Bertz CT molecular complexity index is 354. The van der Waals surface area contributed by atoms with Crippen molar-refractivity contribution in [3.63, 3.8) is 0 Å². The molecule has 0 aliphatic carbocycles. The van der Waals surface area contributed by atoms with Crippen molar-refractivity contribution >= 4 is 5.91 Å².